The lowest BCUT2D eigenvalue weighted by Gasteiger charge is -2.25. The van der Waals surface area contributed by atoms with Gasteiger partial charge in [-0.2, -0.15) is 0 Å². The third-order valence-corrected chi connectivity index (χ3v) is 4.22. The molecule has 3 rings (SSSR count). The van der Waals surface area contributed by atoms with E-state index in [2.05, 4.69) is 19.2 Å². The number of aryl methyl sites for hydroxylation is 2. The molecule has 1 aromatic heterocycles. The van der Waals surface area contributed by atoms with Gasteiger partial charge in [-0.05, 0) is 46.1 Å². The van der Waals surface area contributed by atoms with Crippen molar-refractivity contribution in [1.82, 2.24) is 15.3 Å². The van der Waals surface area contributed by atoms with E-state index in [4.69, 9.17) is 9.97 Å². The van der Waals surface area contributed by atoms with Crippen LogP contribution in [0.25, 0.3) is 0 Å². The Hall–Kier alpha value is -0.960. The van der Waals surface area contributed by atoms with Crippen LogP contribution in [-0.4, -0.2) is 16.5 Å². The summed E-state index contributed by atoms with van der Waals surface area (Å²) >= 11 is 0. The van der Waals surface area contributed by atoms with Gasteiger partial charge in [-0.15, -0.1) is 0 Å². The van der Waals surface area contributed by atoms with Gasteiger partial charge in [-0.1, -0.05) is 6.42 Å². The molecule has 1 saturated heterocycles. The third kappa shape index (κ3) is 1.97. The van der Waals surface area contributed by atoms with Crippen LogP contribution in [0.4, 0.5) is 0 Å². The van der Waals surface area contributed by atoms with Gasteiger partial charge in [-0.3, -0.25) is 0 Å². The Labute approximate surface area is 103 Å². The molecule has 1 atom stereocenters. The van der Waals surface area contributed by atoms with E-state index in [9.17, 15) is 0 Å². The Morgan fingerprint density at radius 2 is 1.71 bits per heavy atom. The maximum Gasteiger partial charge on any atom is 0.131 e. The molecule has 3 nitrogen and oxygen atoms in total. The van der Waals surface area contributed by atoms with Crippen molar-refractivity contribution in [2.75, 3.05) is 6.54 Å². The van der Waals surface area contributed by atoms with Crippen molar-refractivity contribution in [2.45, 2.75) is 57.9 Å². The van der Waals surface area contributed by atoms with E-state index in [0.717, 1.165) is 12.4 Å². The molecule has 0 spiro atoms. The van der Waals surface area contributed by atoms with Crippen LogP contribution in [0.1, 0.15) is 66.8 Å². The van der Waals surface area contributed by atoms with Gasteiger partial charge in [0.05, 0.1) is 0 Å². The maximum absolute atomic E-state index is 4.75. The van der Waals surface area contributed by atoms with E-state index in [1.54, 1.807) is 0 Å². The van der Waals surface area contributed by atoms with E-state index < -0.39 is 0 Å². The highest BCUT2D eigenvalue weighted by atomic mass is 15.0. The fourth-order valence-corrected chi connectivity index (χ4v) is 3.04. The second kappa shape index (κ2) is 4.37. The zero-order valence-corrected chi connectivity index (χ0v) is 10.8. The van der Waals surface area contributed by atoms with Crippen molar-refractivity contribution >= 4 is 0 Å². The van der Waals surface area contributed by atoms with Gasteiger partial charge in [0.25, 0.3) is 0 Å². The minimum absolute atomic E-state index is 0.491. The van der Waals surface area contributed by atoms with E-state index in [-0.39, 0.29) is 0 Å². The summed E-state index contributed by atoms with van der Waals surface area (Å²) in [6.45, 7) is 5.42. The Bertz CT molecular complexity index is 394. The fraction of sp³-hybridized carbons (Fsp3) is 0.714. The minimum Gasteiger partial charge on any atom is -0.310 e. The predicted octanol–water partition coefficient (Wildman–Crippen LogP) is 2.79. The Balaban J connectivity index is 1.93. The summed E-state index contributed by atoms with van der Waals surface area (Å²) in [5.74, 6) is 1.73. The standard InChI is InChI=1S/C14H21N3/c1-9-13(12-7-4-8-15-12)10(2)17-14(16-9)11-5-3-6-11/h11-12,15H,3-8H2,1-2H3. The van der Waals surface area contributed by atoms with E-state index >= 15 is 0 Å². The van der Waals surface area contributed by atoms with Gasteiger partial charge < -0.3 is 5.32 Å². The van der Waals surface area contributed by atoms with E-state index in [0.29, 0.717) is 12.0 Å². The van der Waals surface area contributed by atoms with Crippen molar-refractivity contribution in [2.24, 2.45) is 0 Å². The number of hydrogen-bond acceptors (Lipinski definition) is 3. The zero-order valence-electron chi connectivity index (χ0n) is 10.8. The van der Waals surface area contributed by atoms with Crippen molar-refractivity contribution in [3.63, 3.8) is 0 Å². The summed E-state index contributed by atoms with van der Waals surface area (Å²) in [4.78, 5) is 9.50. The van der Waals surface area contributed by atoms with Crippen LogP contribution >= 0.6 is 0 Å². The number of rotatable bonds is 2. The average molecular weight is 231 g/mol. The maximum atomic E-state index is 4.75. The SMILES string of the molecule is Cc1nc(C2CCC2)nc(C)c1C1CCCN1. The molecule has 1 saturated carbocycles. The number of aromatic nitrogens is 2. The second-order valence-electron chi connectivity index (χ2n) is 5.44. The lowest BCUT2D eigenvalue weighted by molar-refractivity contribution is 0.399. The predicted molar refractivity (Wildman–Crippen MR) is 68.1 cm³/mol. The molecule has 3 heteroatoms. The first-order valence-corrected chi connectivity index (χ1v) is 6.84. The monoisotopic (exact) mass is 231 g/mol. The fourth-order valence-electron chi connectivity index (χ4n) is 3.04. The van der Waals surface area contributed by atoms with Crippen LogP contribution in [0.15, 0.2) is 0 Å². The van der Waals surface area contributed by atoms with E-state index in [1.807, 2.05) is 0 Å². The lowest BCUT2D eigenvalue weighted by atomic mass is 9.84. The first-order valence-electron chi connectivity index (χ1n) is 6.84. The average Bonchev–Trinajstić information content (AvgIpc) is 2.66. The molecular weight excluding hydrogens is 210 g/mol. The lowest BCUT2D eigenvalue weighted by Crippen LogP contribution is -2.20. The van der Waals surface area contributed by atoms with Gasteiger partial charge >= 0.3 is 0 Å². The van der Waals surface area contributed by atoms with Gasteiger partial charge in [0.2, 0.25) is 0 Å². The minimum atomic E-state index is 0.491. The molecule has 17 heavy (non-hydrogen) atoms. The Morgan fingerprint density at radius 1 is 1.00 bits per heavy atom. The normalized spacial score (nSPS) is 24.9. The highest BCUT2D eigenvalue weighted by molar-refractivity contribution is 5.29. The molecule has 0 radical (unpaired) electrons. The molecule has 92 valence electrons. The van der Waals surface area contributed by atoms with Crippen molar-refractivity contribution in [1.29, 1.82) is 0 Å². The Morgan fingerprint density at radius 3 is 2.18 bits per heavy atom. The summed E-state index contributed by atoms with van der Waals surface area (Å²) in [5.41, 5.74) is 3.74. The molecule has 1 unspecified atom stereocenters. The van der Waals surface area contributed by atoms with Gasteiger partial charge in [-0.25, -0.2) is 9.97 Å². The van der Waals surface area contributed by atoms with Crippen LogP contribution < -0.4 is 5.32 Å². The smallest absolute Gasteiger partial charge is 0.131 e. The topological polar surface area (TPSA) is 37.8 Å². The first-order chi connectivity index (χ1) is 8.25. The van der Waals surface area contributed by atoms with Crippen molar-refractivity contribution < 1.29 is 0 Å². The molecule has 0 amide bonds. The third-order valence-electron chi connectivity index (χ3n) is 4.22. The number of nitrogens with one attached hydrogen (secondary N) is 1. The van der Waals surface area contributed by atoms with Gasteiger partial charge in [0, 0.05) is 28.9 Å². The summed E-state index contributed by atoms with van der Waals surface area (Å²) in [6.07, 6.45) is 6.40. The van der Waals surface area contributed by atoms with Gasteiger partial charge in [0.1, 0.15) is 5.82 Å². The van der Waals surface area contributed by atoms with Crippen molar-refractivity contribution in [3.8, 4) is 0 Å². The molecule has 1 aliphatic carbocycles. The molecule has 1 N–H and O–H groups in total. The second-order valence-corrected chi connectivity index (χ2v) is 5.44. The molecular formula is C14H21N3. The highest BCUT2D eigenvalue weighted by Gasteiger charge is 2.26. The molecule has 2 heterocycles. The quantitative estimate of drug-likeness (QED) is 0.850. The summed E-state index contributed by atoms with van der Waals surface area (Å²) in [5, 5.41) is 3.55. The van der Waals surface area contributed by atoms with Crippen LogP contribution in [0.2, 0.25) is 0 Å². The van der Waals surface area contributed by atoms with Gasteiger partial charge in [0.15, 0.2) is 0 Å². The zero-order chi connectivity index (χ0) is 11.8. The largest absolute Gasteiger partial charge is 0.310 e. The van der Waals surface area contributed by atoms with Crippen LogP contribution in [0, 0.1) is 13.8 Å². The molecule has 1 aliphatic heterocycles. The number of hydrogen-bond donors (Lipinski definition) is 1. The molecule has 1 aromatic rings. The summed E-state index contributed by atoms with van der Waals surface area (Å²) in [6, 6.07) is 0.491. The van der Waals surface area contributed by atoms with Crippen LogP contribution in [-0.2, 0) is 0 Å². The first kappa shape index (κ1) is 11.1. The number of nitrogens with zero attached hydrogens (tertiary/aromatic N) is 2. The molecule has 0 bridgehead atoms. The molecule has 2 fully saturated rings. The Kier molecular flexibility index (Phi) is 2.87. The molecule has 2 aliphatic rings. The van der Waals surface area contributed by atoms with E-state index in [1.165, 1.54) is 49.1 Å². The van der Waals surface area contributed by atoms with Crippen LogP contribution in [0.3, 0.4) is 0 Å². The summed E-state index contributed by atoms with van der Waals surface area (Å²) < 4.78 is 0. The highest BCUT2D eigenvalue weighted by Crippen LogP contribution is 2.36. The summed E-state index contributed by atoms with van der Waals surface area (Å²) in [7, 11) is 0. The van der Waals surface area contributed by atoms with Crippen LogP contribution in [0.5, 0.6) is 0 Å². The molecule has 0 aromatic carbocycles. The van der Waals surface area contributed by atoms with Crippen molar-refractivity contribution in [3.05, 3.63) is 22.8 Å².